The van der Waals surface area contributed by atoms with E-state index in [0.717, 1.165) is 36.4 Å². The number of aromatic nitrogens is 1. The van der Waals surface area contributed by atoms with E-state index in [-0.39, 0.29) is 35.4 Å². The van der Waals surface area contributed by atoms with E-state index in [1.807, 2.05) is 6.07 Å². The second kappa shape index (κ2) is 13.7. The van der Waals surface area contributed by atoms with Crippen LogP contribution in [0.1, 0.15) is 16.7 Å². The van der Waals surface area contributed by atoms with E-state index in [1.165, 1.54) is 11.1 Å². The third-order valence-electron chi connectivity index (χ3n) is 4.65. The van der Waals surface area contributed by atoms with Crippen molar-refractivity contribution in [2.45, 2.75) is 25.6 Å². The molecule has 0 aliphatic heterocycles. The molecule has 0 saturated carbocycles. The number of phenols is 1. The fraction of sp³-hybridized carbons (Fsp3) is 0.381. The number of benzene rings is 2. The minimum Gasteiger partial charge on any atom is -0.506 e. The fourth-order valence-electron chi connectivity index (χ4n) is 3.20. The molecule has 0 saturated heterocycles. The Morgan fingerprint density at radius 1 is 1.16 bits per heavy atom. The number of aromatic amines is 1. The summed E-state index contributed by atoms with van der Waals surface area (Å²) in [6.45, 7) is 2.93. The van der Waals surface area contributed by atoms with Crippen LogP contribution >= 0.6 is 36.2 Å². The van der Waals surface area contributed by atoms with Crippen LogP contribution in [-0.2, 0) is 24.1 Å². The van der Waals surface area contributed by atoms with E-state index in [1.54, 1.807) is 19.2 Å². The largest absolute Gasteiger partial charge is 0.506 e. The summed E-state index contributed by atoms with van der Waals surface area (Å²) in [5.41, 5.74) is 3.67. The molecule has 0 amide bonds. The number of aliphatic hydroxyl groups excluding tert-OH is 1. The first-order valence-corrected chi connectivity index (χ1v) is 10.4. The van der Waals surface area contributed by atoms with Crippen molar-refractivity contribution in [1.29, 1.82) is 0 Å². The summed E-state index contributed by atoms with van der Waals surface area (Å²) in [5.74, 6) is 0.0427. The number of hydrogen-bond acceptors (Lipinski definition) is 7. The van der Waals surface area contributed by atoms with Gasteiger partial charge >= 0.3 is 4.87 Å². The first kappa shape index (κ1) is 27.4. The number of rotatable bonds is 11. The molecule has 0 bridgehead atoms. The van der Waals surface area contributed by atoms with Gasteiger partial charge in [-0.15, -0.1) is 24.8 Å². The molecule has 3 aromatic rings. The summed E-state index contributed by atoms with van der Waals surface area (Å²) < 4.78 is 5.71. The van der Waals surface area contributed by atoms with Crippen LogP contribution in [0.25, 0.3) is 10.2 Å². The molecule has 2 aromatic carbocycles. The Morgan fingerprint density at radius 2 is 1.94 bits per heavy atom. The quantitative estimate of drug-likeness (QED) is 0.209. The highest BCUT2D eigenvalue weighted by Gasteiger charge is 2.13. The van der Waals surface area contributed by atoms with E-state index >= 15 is 0 Å². The van der Waals surface area contributed by atoms with Gasteiger partial charge in [0.25, 0.3) is 0 Å². The standard InChI is InChI=1S/C21H27N3O4S.2ClH/c1-28-10-9-22-13-15-4-2-3-14(11-15)7-8-23-18(26)12-16-5-6-17(25)19-20(16)29-21(27)24-19;;/h2-6,11,18,22-23,25-26H,7-10,12-13H2,1H3,(H,24,27);2*1H. The number of hydrogen-bond donors (Lipinski definition) is 5. The minimum absolute atomic E-state index is 0. The van der Waals surface area contributed by atoms with Crippen LogP contribution < -0.4 is 15.5 Å². The Morgan fingerprint density at radius 3 is 2.71 bits per heavy atom. The van der Waals surface area contributed by atoms with E-state index in [9.17, 15) is 15.0 Å². The van der Waals surface area contributed by atoms with Gasteiger partial charge in [0.15, 0.2) is 0 Å². The molecule has 0 fully saturated rings. The number of halogens is 2. The van der Waals surface area contributed by atoms with Crippen LogP contribution in [0.15, 0.2) is 41.2 Å². The van der Waals surface area contributed by atoms with E-state index in [0.29, 0.717) is 29.8 Å². The number of H-pyrrole nitrogens is 1. The summed E-state index contributed by atoms with van der Waals surface area (Å²) in [4.78, 5) is 14.0. The number of aliphatic hydroxyl groups is 1. The van der Waals surface area contributed by atoms with Gasteiger partial charge in [-0.05, 0) is 29.2 Å². The molecule has 3 rings (SSSR count). The Bertz CT molecular complexity index is 996. The lowest BCUT2D eigenvalue weighted by atomic mass is 10.1. The molecule has 1 aromatic heterocycles. The summed E-state index contributed by atoms with van der Waals surface area (Å²) in [6.07, 6.45) is 0.415. The van der Waals surface area contributed by atoms with Crippen molar-refractivity contribution < 1.29 is 14.9 Å². The highest BCUT2D eigenvalue weighted by Crippen LogP contribution is 2.28. The molecule has 10 heteroatoms. The molecule has 172 valence electrons. The number of fused-ring (bicyclic) bond motifs is 1. The summed E-state index contributed by atoms with van der Waals surface area (Å²) in [6, 6.07) is 11.7. The van der Waals surface area contributed by atoms with E-state index < -0.39 is 6.23 Å². The predicted molar refractivity (Wildman–Crippen MR) is 130 cm³/mol. The molecule has 1 atom stereocenters. The average Bonchev–Trinajstić information content (AvgIpc) is 3.11. The lowest BCUT2D eigenvalue weighted by molar-refractivity contribution is 0.139. The Kier molecular flexibility index (Phi) is 12.1. The van der Waals surface area contributed by atoms with Crippen molar-refractivity contribution in [3.8, 4) is 5.75 Å². The normalized spacial score (nSPS) is 11.7. The third-order valence-corrected chi connectivity index (χ3v) is 5.61. The van der Waals surface area contributed by atoms with Crippen LogP contribution in [-0.4, -0.2) is 48.2 Å². The van der Waals surface area contributed by atoms with Gasteiger partial charge in [-0.25, -0.2) is 0 Å². The van der Waals surface area contributed by atoms with Gasteiger partial charge in [0, 0.05) is 33.2 Å². The fourth-order valence-corrected chi connectivity index (χ4v) is 4.08. The van der Waals surface area contributed by atoms with Gasteiger partial charge in [-0.1, -0.05) is 41.7 Å². The SMILES string of the molecule is COCCNCc1cccc(CCNC(O)Cc2ccc(O)c3[nH]c(=O)sc23)c1.Cl.Cl. The van der Waals surface area contributed by atoms with Gasteiger partial charge in [-0.3, -0.25) is 10.1 Å². The monoisotopic (exact) mass is 489 g/mol. The van der Waals surface area contributed by atoms with Gasteiger partial charge < -0.3 is 25.3 Å². The van der Waals surface area contributed by atoms with Crippen molar-refractivity contribution in [3.63, 3.8) is 0 Å². The summed E-state index contributed by atoms with van der Waals surface area (Å²) in [5, 5.41) is 26.7. The first-order chi connectivity index (χ1) is 14.1. The predicted octanol–water partition coefficient (Wildman–Crippen LogP) is 2.57. The first-order valence-electron chi connectivity index (χ1n) is 9.59. The van der Waals surface area contributed by atoms with Crippen molar-refractivity contribution in [2.24, 2.45) is 0 Å². The maximum atomic E-state index is 11.6. The number of aromatic hydroxyl groups is 1. The molecular weight excluding hydrogens is 461 g/mol. The van der Waals surface area contributed by atoms with Crippen molar-refractivity contribution in [2.75, 3.05) is 26.8 Å². The maximum Gasteiger partial charge on any atom is 0.305 e. The summed E-state index contributed by atoms with van der Waals surface area (Å²) >= 11 is 1.04. The maximum absolute atomic E-state index is 11.6. The number of phenolic OH excluding ortho intramolecular Hbond substituents is 1. The number of ether oxygens (including phenoxy) is 1. The van der Waals surface area contributed by atoms with Crippen LogP contribution in [0.3, 0.4) is 0 Å². The zero-order valence-corrected chi connectivity index (χ0v) is 19.7. The van der Waals surface area contributed by atoms with Crippen molar-refractivity contribution in [3.05, 3.63) is 62.8 Å². The molecule has 5 N–H and O–H groups in total. The smallest absolute Gasteiger partial charge is 0.305 e. The van der Waals surface area contributed by atoms with Crippen LogP contribution in [0.4, 0.5) is 0 Å². The zero-order chi connectivity index (χ0) is 20.6. The molecule has 0 aliphatic rings. The Balaban J connectivity index is 0.00000240. The van der Waals surface area contributed by atoms with E-state index in [2.05, 4.69) is 33.8 Å². The van der Waals surface area contributed by atoms with E-state index in [4.69, 9.17) is 4.74 Å². The second-order valence-electron chi connectivity index (χ2n) is 6.88. The van der Waals surface area contributed by atoms with Gasteiger partial charge in [0.05, 0.1) is 11.3 Å². The van der Waals surface area contributed by atoms with Crippen molar-refractivity contribution in [1.82, 2.24) is 15.6 Å². The Hall–Kier alpha value is -1.65. The van der Waals surface area contributed by atoms with Gasteiger partial charge in [0.1, 0.15) is 17.5 Å². The van der Waals surface area contributed by atoms with Crippen LogP contribution in [0, 0.1) is 0 Å². The molecule has 31 heavy (non-hydrogen) atoms. The molecular formula is C21H29Cl2N3O4S. The minimum atomic E-state index is -0.737. The lowest BCUT2D eigenvalue weighted by Gasteiger charge is -2.14. The number of thiazole rings is 1. The third kappa shape index (κ3) is 8.08. The number of methoxy groups -OCH3 is 1. The average molecular weight is 490 g/mol. The highest BCUT2D eigenvalue weighted by atomic mass is 35.5. The molecule has 1 unspecified atom stereocenters. The van der Waals surface area contributed by atoms with Crippen molar-refractivity contribution >= 4 is 46.4 Å². The second-order valence-corrected chi connectivity index (χ2v) is 7.86. The lowest BCUT2D eigenvalue weighted by Crippen LogP contribution is -2.32. The molecule has 0 radical (unpaired) electrons. The molecule has 0 spiro atoms. The summed E-state index contributed by atoms with van der Waals surface area (Å²) in [7, 11) is 1.69. The molecule has 0 aliphatic carbocycles. The number of nitrogens with one attached hydrogen (secondary N) is 3. The Labute approximate surface area is 197 Å². The van der Waals surface area contributed by atoms with Gasteiger partial charge in [-0.2, -0.15) is 0 Å². The molecule has 7 nitrogen and oxygen atoms in total. The van der Waals surface area contributed by atoms with Gasteiger partial charge in [0.2, 0.25) is 0 Å². The highest BCUT2D eigenvalue weighted by molar-refractivity contribution is 7.16. The van der Waals surface area contributed by atoms with Crippen LogP contribution in [0.2, 0.25) is 0 Å². The molecule has 1 heterocycles. The van der Waals surface area contributed by atoms with Crippen LogP contribution in [0.5, 0.6) is 5.75 Å². The topological polar surface area (TPSA) is 107 Å². The zero-order valence-electron chi connectivity index (χ0n) is 17.2.